The number of thiophene rings is 1. The van der Waals surface area contributed by atoms with Crippen molar-refractivity contribution in [1.82, 2.24) is 4.90 Å². The van der Waals surface area contributed by atoms with Gasteiger partial charge in [-0.05, 0) is 30.0 Å². The van der Waals surface area contributed by atoms with E-state index in [0.29, 0.717) is 0 Å². The van der Waals surface area contributed by atoms with Crippen LogP contribution in [-0.4, -0.2) is 25.2 Å². The number of ether oxygens (including phenoxy) is 1. The molecule has 2 aromatic heterocycles. The number of nitrogens with zero attached hydrogens (tertiary/aromatic N) is 1. The molecule has 0 aliphatic heterocycles. The number of hydrogen-bond acceptors (Lipinski definition) is 4. The Bertz CT molecular complexity index is 375. The summed E-state index contributed by atoms with van der Waals surface area (Å²) in [4.78, 5) is 3.78. The third-order valence-corrected chi connectivity index (χ3v) is 3.60. The van der Waals surface area contributed by atoms with Crippen molar-refractivity contribution in [2.24, 2.45) is 0 Å². The van der Waals surface area contributed by atoms with Gasteiger partial charge in [0.05, 0.1) is 12.8 Å². The van der Waals surface area contributed by atoms with Crippen molar-refractivity contribution in [3.05, 3.63) is 46.5 Å². The van der Waals surface area contributed by atoms with Crippen molar-refractivity contribution in [1.29, 1.82) is 0 Å². The van der Waals surface area contributed by atoms with Crippen LogP contribution in [0.3, 0.4) is 0 Å². The highest BCUT2D eigenvalue weighted by Crippen LogP contribution is 2.15. The predicted octanol–water partition coefficient (Wildman–Crippen LogP) is 3.38. The lowest BCUT2D eigenvalue weighted by Gasteiger charge is -2.20. The highest BCUT2D eigenvalue weighted by atomic mass is 32.1. The van der Waals surface area contributed by atoms with Gasteiger partial charge in [0.2, 0.25) is 0 Å². The lowest BCUT2D eigenvalue weighted by atomic mass is 10.3. The normalized spacial score (nSPS) is 11.2. The molecule has 0 aromatic carbocycles. The third-order valence-electron chi connectivity index (χ3n) is 2.74. The van der Waals surface area contributed by atoms with Gasteiger partial charge in [-0.2, -0.15) is 0 Å². The molecule has 0 saturated heterocycles. The van der Waals surface area contributed by atoms with Gasteiger partial charge in [0, 0.05) is 31.7 Å². The van der Waals surface area contributed by atoms with E-state index in [1.54, 1.807) is 24.7 Å². The van der Waals surface area contributed by atoms with Crippen LogP contribution in [0.4, 0.5) is 0 Å². The summed E-state index contributed by atoms with van der Waals surface area (Å²) in [6.45, 7) is 3.65. The molecular formula is C14H19NO2S. The molecule has 2 aromatic rings. The molecule has 0 fully saturated rings. The van der Waals surface area contributed by atoms with Crippen LogP contribution in [0.1, 0.15) is 17.1 Å². The molecule has 0 radical (unpaired) electrons. The molecular weight excluding hydrogens is 246 g/mol. The summed E-state index contributed by atoms with van der Waals surface area (Å²) in [5, 5.41) is 2.12. The van der Waals surface area contributed by atoms with Gasteiger partial charge in [0.1, 0.15) is 5.76 Å². The van der Waals surface area contributed by atoms with Crippen molar-refractivity contribution in [2.75, 3.05) is 20.3 Å². The van der Waals surface area contributed by atoms with Crippen LogP contribution in [-0.2, 0) is 17.8 Å². The van der Waals surface area contributed by atoms with E-state index < -0.39 is 0 Å². The van der Waals surface area contributed by atoms with Crippen molar-refractivity contribution in [3.63, 3.8) is 0 Å². The Morgan fingerprint density at radius 3 is 2.89 bits per heavy atom. The van der Waals surface area contributed by atoms with E-state index >= 15 is 0 Å². The molecule has 18 heavy (non-hydrogen) atoms. The van der Waals surface area contributed by atoms with E-state index in [1.165, 1.54) is 4.88 Å². The molecule has 2 rings (SSSR count). The maximum absolute atomic E-state index is 5.42. The first-order chi connectivity index (χ1) is 8.88. The molecule has 0 saturated carbocycles. The van der Waals surface area contributed by atoms with Crippen LogP contribution >= 0.6 is 11.3 Å². The zero-order chi connectivity index (χ0) is 12.6. The number of rotatable bonds is 8. The Kier molecular flexibility index (Phi) is 5.45. The molecule has 0 aliphatic rings. The lowest BCUT2D eigenvalue weighted by molar-refractivity contribution is 0.163. The second kappa shape index (κ2) is 7.36. The van der Waals surface area contributed by atoms with Gasteiger partial charge in [0.25, 0.3) is 0 Å². The second-order valence-corrected chi connectivity index (χ2v) is 5.25. The summed E-state index contributed by atoms with van der Waals surface area (Å²) in [5.74, 6) is 1.02. The van der Waals surface area contributed by atoms with E-state index in [-0.39, 0.29) is 0 Å². The maximum Gasteiger partial charge on any atom is 0.117 e. The monoisotopic (exact) mass is 265 g/mol. The smallest absolute Gasteiger partial charge is 0.117 e. The van der Waals surface area contributed by atoms with E-state index in [2.05, 4.69) is 22.4 Å². The zero-order valence-corrected chi connectivity index (χ0v) is 11.5. The minimum atomic E-state index is 0.805. The number of methoxy groups -OCH3 is 1. The Hall–Kier alpha value is -1.10. The average Bonchev–Trinajstić information content (AvgIpc) is 3.02. The first-order valence-corrected chi connectivity index (χ1v) is 7.02. The first kappa shape index (κ1) is 13.3. The minimum absolute atomic E-state index is 0.805. The van der Waals surface area contributed by atoms with E-state index in [9.17, 15) is 0 Å². The van der Waals surface area contributed by atoms with Crippen LogP contribution in [0, 0.1) is 0 Å². The van der Waals surface area contributed by atoms with Crippen LogP contribution in [0.15, 0.2) is 40.3 Å². The maximum atomic E-state index is 5.42. The van der Waals surface area contributed by atoms with E-state index in [4.69, 9.17) is 9.15 Å². The van der Waals surface area contributed by atoms with Gasteiger partial charge < -0.3 is 9.15 Å². The Labute approximate surface area is 112 Å². The summed E-state index contributed by atoms with van der Waals surface area (Å²) in [5.41, 5.74) is 0. The SMILES string of the molecule is COCCCN(Cc1ccco1)Cc1cccs1. The quantitative estimate of drug-likeness (QED) is 0.684. The molecule has 3 nitrogen and oxygen atoms in total. The van der Waals surface area contributed by atoms with Crippen LogP contribution < -0.4 is 0 Å². The van der Waals surface area contributed by atoms with E-state index in [1.807, 2.05) is 12.1 Å². The van der Waals surface area contributed by atoms with Crippen molar-refractivity contribution in [2.45, 2.75) is 19.5 Å². The molecule has 2 heterocycles. The molecule has 0 atom stereocenters. The van der Waals surface area contributed by atoms with Gasteiger partial charge in [-0.1, -0.05) is 6.07 Å². The summed E-state index contributed by atoms with van der Waals surface area (Å²) in [6, 6.07) is 8.24. The Morgan fingerprint density at radius 1 is 1.28 bits per heavy atom. The molecule has 0 amide bonds. The molecule has 0 N–H and O–H groups in total. The van der Waals surface area contributed by atoms with Crippen molar-refractivity contribution < 1.29 is 9.15 Å². The molecule has 0 spiro atoms. The fraction of sp³-hybridized carbons (Fsp3) is 0.429. The second-order valence-electron chi connectivity index (χ2n) is 4.22. The van der Waals surface area contributed by atoms with Gasteiger partial charge in [-0.25, -0.2) is 0 Å². The highest BCUT2D eigenvalue weighted by molar-refractivity contribution is 7.09. The number of hydrogen-bond donors (Lipinski definition) is 0. The van der Waals surface area contributed by atoms with Gasteiger partial charge in [-0.3, -0.25) is 4.90 Å². The lowest BCUT2D eigenvalue weighted by Crippen LogP contribution is -2.24. The molecule has 0 unspecified atom stereocenters. The Morgan fingerprint density at radius 2 is 2.22 bits per heavy atom. The summed E-state index contributed by atoms with van der Waals surface area (Å²) in [7, 11) is 1.75. The van der Waals surface area contributed by atoms with Crippen molar-refractivity contribution in [3.8, 4) is 0 Å². The van der Waals surface area contributed by atoms with Crippen LogP contribution in [0.2, 0.25) is 0 Å². The van der Waals surface area contributed by atoms with Crippen molar-refractivity contribution >= 4 is 11.3 Å². The fourth-order valence-corrected chi connectivity index (χ4v) is 2.64. The Balaban J connectivity index is 1.89. The number of furan rings is 1. The van der Waals surface area contributed by atoms with Gasteiger partial charge >= 0.3 is 0 Å². The average molecular weight is 265 g/mol. The van der Waals surface area contributed by atoms with Crippen LogP contribution in [0.25, 0.3) is 0 Å². The molecule has 0 aliphatic carbocycles. The predicted molar refractivity (Wildman–Crippen MR) is 73.6 cm³/mol. The largest absolute Gasteiger partial charge is 0.468 e. The van der Waals surface area contributed by atoms with Gasteiger partial charge in [-0.15, -0.1) is 11.3 Å². The van der Waals surface area contributed by atoms with Crippen LogP contribution in [0.5, 0.6) is 0 Å². The summed E-state index contributed by atoms with van der Waals surface area (Å²) in [6.07, 6.45) is 2.77. The molecule has 0 bridgehead atoms. The first-order valence-electron chi connectivity index (χ1n) is 6.14. The molecule has 4 heteroatoms. The topological polar surface area (TPSA) is 25.6 Å². The fourth-order valence-electron chi connectivity index (χ4n) is 1.89. The third kappa shape index (κ3) is 4.29. The summed E-state index contributed by atoms with van der Waals surface area (Å²) < 4.78 is 10.5. The zero-order valence-electron chi connectivity index (χ0n) is 10.7. The highest BCUT2D eigenvalue weighted by Gasteiger charge is 2.09. The molecule has 98 valence electrons. The van der Waals surface area contributed by atoms with Gasteiger partial charge in [0.15, 0.2) is 0 Å². The summed E-state index contributed by atoms with van der Waals surface area (Å²) >= 11 is 1.80. The van der Waals surface area contributed by atoms with E-state index in [0.717, 1.165) is 38.4 Å². The minimum Gasteiger partial charge on any atom is -0.468 e. The standard InChI is InChI=1S/C14H19NO2S/c1-16-8-4-7-15(11-13-5-2-9-17-13)12-14-6-3-10-18-14/h2-3,5-6,9-10H,4,7-8,11-12H2,1H3.